The van der Waals surface area contributed by atoms with Crippen molar-refractivity contribution in [3.8, 4) is 0 Å². The molecule has 0 bridgehead atoms. The second kappa shape index (κ2) is 9.64. The van der Waals surface area contributed by atoms with Gasteiger partial charge in [-0.1, -0.05) is 83.5 Å². The Kier molecular flexibility index (Phi) is 7.51. The van der Waals surface area contributed by atoms with Gasteiger partial charge in [-0.2, -0.15) is 0 Å². The molecule has 2 aromatic carbocycles. The van der Waals surface area contributed by atoms with Gasteiger partial charge in [-0.3, -0.25) is 0 Å². The Balaban J connectivity index is 1.61. The molecule has 2 nitrogen and oxygen atoms in total. The zero-order chi connectivity index (χ0) is 18.5. The van der Waals surface area contributed by atoms with Gasteiger partial charge in [-0.25, -0.2) is 0 Å². The van der Waals surface area contributed by atoms with Crippen molar-refractivity contribution in [3.63, 3.8) is 0 Å². The van der Waals surface area contributed by atoms with Gasteiger partial charge in [0, 0.05) is 25.2 Å². The minimum atomic E-state index is 0.386. The standard InChI is InChI=1S/C20H22Cl4N2/c21-15-7-3-5-13(19(15)23)11-25-17-9-1-2-10-18(17)26-12-14-6-4-8-16(22)20(14)24/h3-8,17-18,25-26H,1-2,9-12H2/t17-,18-/m1/s1. The van der Waals surface area contributed by atoms with Gasteiger partial charge in [0.05, 0.1) is 20.1 Å². The van der Waals surface area contributed by atoms with Gasteiger partial charge >= 0.3 is 0 Å². The number of nitrogens with one attached hydrogen (secondary N) is 2. The number of hydrogen-bond acceptors (Lipinski definition) is 2. The molecule has 0 spiro atoms. The van der Waals surface area contributed by atoms with Crippen molar-refractivity contribution in [2.75, 3.05) is 0 Å². The first-order valence-corrected chi connectivity index (χ1v) is 10.4. The summed E-state index contributed by atoms with van der Waals surface area (Å²) < 4.78 is 0. The molecule has 1 saturated carbocycles. The van der Waals surface area contributed by atoms with Crippen molar-refractivity contribution in [2.45, 2.75) is 50.9 Å². The molecule has 0 unspecified atom stereocenters. The summed E-state index contributed by atoms with van der Waals surface area (Å²) in [6, 6.07) is 12.3. The van der Waals surface area contributed by atoms with E-state index in [1.54, 1.807) is 0 Å². The molecule has 0 aromatic heterocycles. The van der Waals surface area contributed by atoms with Crippen LogP contribution in [0.15, 0.2) is 36.4 Å². The maximum absolute atomic E-state index is 6.31. The molecule has 2 N–H and O–H groups in total. The first kappa shape index (κ1) is 20.3. The number of benzene rings is 2. The number of rotatable bonds is 6. The topological polar surface area (TPSA) is 24.1 Å². The fourth-order valence-corrected chi connectivity index (χ4v) is 4.25. The first-order chi connectivity index (χ1) is 12.6. The van der Waals surface area contributed by atoms with Crippen LogP contribution in [0.2, 0.25) is 20.1 Å². The van der Waals surface area contributed by atoms with E-state index in [0.29, 0.717) is 45.3 Å². The minimum absolute atomic E-state index is 0.386. The van der Waals surface area contributed by atoms with Gasteiger partial charge in [-0.05, 0) is 36.1 Å². The highest BCUT2D eigenvalue weighted by Gasteiger charge is 2.24. The third-order valence-corrected chi connectivity index (χ3v) is 6.65. The van der Waals surface area contributed by atoms with Gasteiger partial charge < -0.3 is 10.6 Å². The van der Waals surface area contributed by atoms with E-state index in [1.165, 1.54) is 12.8 Å². The van der Waals surface area contributed by atoms with Gasteiger partial charge in [0.25, 0.3) is 0 Å². The second-order valence-electron chi connectivity index (χ2n) is 6.69. The van der Waals surface area contributed by atoms with Crippen LogP contribution in [-0.2, 0) is 13.1 Å². The summed E-state index contributed by atoms with van der Waals surface area (Å²) in [5.74, 6) is 0. The maximum atomic E-state index is 6.31. The van der Waals surface area contributed by atoms with Crippen LogP contribution >= 0.6 is 46.4 Å². The summed E-state index contributed by atoms with van der Waals surface area (Å²) in [6.45, 7) is 1.42. The molecule has 1 fully saturated rings. The molecule has 26 heavy (non-hydrogen) atoms. The lowest BCUT2D eigenvalue weighted by Crippen LogP contribution is -2.49. The van der Waals surface area contributed by atoms with Crippen molar-refractivity contribution in [3.05, 3.63) is 67.6 Å². The summed E-state index contributed by atoms with van der Waals surface area (Å²) in [7, 11) is 0. The zero-order valence-corrected chi connectivity index (χ0v) is 17.4. The Labute approximate surface area is 175 Å². The van der Waals surface area contributed by atoms with Crippen molar-refractivity contribution >= 4 is 46.4 Å². The zero-order valence-electron chi connectivity index (χ0n) is 14.4. The Morgan fingerprint density at radius 2 is 1.12 bits per heavy atom. The SMILES string of the molecule is Clc1cccc(CN[C@@H]2CCCC[C@H]2NCc2cccc(Cl)c2Cl)c1Cl. The van der Waals surface area contributed by atoms with E-state index in [2.05, 4.69) is 10.6 Å². The molecular formula is C20H22Cl4N2. The molecule has 6 heteroatoms. The number of halogens is 4. The molecular weight excluding hydrogens is 410 g/mol. The maximum Gasteiger partial charge on any atom is 0.0637 e. The van der Waals surface area contributed by atoms with Crippen LogP contribution in [0.3, 0.4) is 0 Å². The summed E-state index contributed by atoms with van der Waals surface area (Å²) in [5, 5.41) is 9.77. The van der Waals surface area contributed by atoms with E-state index in [4.69, 9.17) is 46.4 Å². The van der Waals surface area contributed by atoms with Crippen molar-refractivity contribution in [2.24, 2.45) is 0 Å². The molecule has 1 aliphatic carbocycles. The summed E-state index contributed by atoms with van der Waals surface area (Å²) in [5.41, 5.74) is 2.06. The normalized spacial score (nSPS) is 20.3. The largest absolute Gasteiger partial charge is 0.308 e. The van der Waals surface area contributed by atoms with Crippen molar-refractivity contribution in [1.29, 1.82) is 0 Å². The molecule has 0 saturated heterocycles. The van der Waals surface area contributed by atoms with Crippen LogP contribution in [0.1, 0.15) is 36.8 Å². The average Bonchev–Trinajstić information content (AvgIpc) is 2.65. The molecule has 0 aliphatic heterocycles. The van der Waals surface area contributed by atoms with E-state index in [0.717, 1.165) is 24.0 Å². The highest BCUT2D eigenvalue weighted by Crippen LogP contribution is 2.28. The summed E-state index contributed by atoms with van der Waals surface area (Å²) in [6.07, 6.45) is 4.74. The van der Waals surface area contributed by atoms with E-state index in [9.17, 15) is 0 Å². The first-order valence-electron chi connectivity index (χ1n) is 8.89. The fraction of sp³-hybridized carbons (Fsp3) is 0.400. The highest BCUT2D eigenvalue weighted by molar-refractivity contribution is 6.42. The Hall–Kier alpha value is -0.480. The van der Waals surface area contributed by atoms with E-state index in [-0.39, 0.29) is 0 Å². The lowest BCUT2D eigenvalue weighted by atomic mass is 9.90. The van der Waals surface area contributed by atoms with Gasteiger partial charge in [0.15, 0.2) is 0 Å². The number of hydrogen-bond donors (Lipinski definition) is 2. The third kappa shape index (κ3) is 5.07. The molecule has 2 atom stereocenters. The monoisotopic (exact) mass is 430 g/mol. The minimum Gasteiger partial charge on any atom is -0.308 e. The van der Waals surface area contributed by atoms with Crippen molar-refractivity contribution < 1.29 is 0 Å². The Morgan fingerprint density at radius 1 is 0.692 bits per heavy atom. The van der Waals surface area contributed by atoms with Gasteiger partial charge in [0.1, 0.15) is 0 Å². The lowest BCUT2D eigenvalue weighted by molar-refractivity contribution is 0.281. The highest BCUT2D eigenvalue weighted by atomic mass is 35.5. The summed E-state index contributed by atoms with van der Waals surface area (Å²) in [4.78, 5) is 0. The van der Waals surface area contributed by atoms with E-state index in [1.807, 2.05) is 36.4 Å². The van der Waals surface area contributed by atoms with E-state index < -0.39 is 0 Å². The fourth-order valence-electron chi connectivity index (χ4n) is 3.47. The van der Waals surface area contributed by atoms with Crippen LogP contribution < -0.4 is 10.6 Å². The van der Waals surface area contributed by atoms with Gasteiger partial charge in [-0.15, -0.1) is 0 Å². The molecule has 140 valence electrons. The van der Waals surface area contributed by atoms with Gasteiger partial charge in [0.2, 0.25) is 0 Å². The van der Waals surface area contributed by atoms with E-state index >= 15 is 0 Å². The predicted octanol–water partition coefficient (Wildman–Crippen LogP) is 6.49. The Bertz CT molecular complexity index is 687. The molecule has 2 aromatic rings. The molecule has 3 rings (SSSR count). The Morgan fingerprint density at radius 3 is 1.54 bits per heavy atom. The van der Waals surface area contributed by atoms with Crippen LogP contribution in [0.5, 0.6) is 0 Å². The lowest BCUT2D eigenvalue weighted by Gasteiger charge is -2.33. The van der Waals surface area contributed by atoms with Crippen LogP contribution in [0.4, 0.5) is 0 Å². The molecule has 0 heterocycles. The quantitative estimate of drug-likeness (QED) is 0.545. The molecule has 0 amide bonds. The average molecular weight is 432 g/mol. The predicted molar refractivity (Wildman–Crippen MR) is 113 cm³/mol. The van der Waals surface area contributed by atoms with Crippen LogP contribution in [-0.4, -0.2) is 12.1 Å². The smallest absolute Gasteiger partial charge is 0.0637 e. The summed E-state index contributed by atoms with van der Waals surface area (Å²) >= 11 is 24.8. The molecule has 0 radical (unpaired) electrons. The van der Waals surface area contributed by atoms with Crippen molar-refractivity contribution in [1.82, 2.24) is 10.6 Å². The van der Waals surface area contributed by atoms with Crippen LogP contribution in [0, 0.1) is 0 Å². The second-order valence-corrected chi connectivity index (χ2v) is 8.26. The van der Waals surface area contributed by atoms with Crippen LogP contribution in [0.25, 0.3) is 0 Å². The third-order valence-electron chi connectivity index (χ3n) is 4.94. The molecule has 1 aliphatic rings.